The van der Waals surface area contributed by atoms with E-state index >= 15 is 0 Å². The molecule has 0 fully saturated rings. The zero-order valence-electron chi connectivity index (χ0n) is 16.2. The van der Waals surface area contributed by atoms with E-state index in [2.05, 4.69) is 19.2 Å². The van der Waals surface area contributed by atoms with E-state index < -0.39 is 30.0 Å². The molecule has 2 aromatic rings. The molecule has 29 heavy (non-hydrogen) atoms. The highest BCUT2D eigenvalue weighted by Crippen LogP contribution is 2.19. The maximum Gasteiger partial charge on any atom is 0.325 e. The van der Waals surface area contributed by atoms with E-state index in [1.165, 1.54) is 18.2 Å². The van der Waals surface area contributed by atoms with E-state index in [9.17, 15) is 24.5 Å². The Hall–Kier alpha value is -3.55. The van der Waals surface area contributed by atoms with Crippen LogP contribution < -0.4 is 5.32 Å². The Morgan fingerprint density at radius 1 is 1.10 bits per heavy atom. The van der Waals surface area contributed by atoms with Crippen LogP contribution >= 0.6 is 0 Å². The topological polar surface area (TPSA) is 116 Å². The summed E-state index contributed by atoms with van der Waals surface area (Å²) in [6.45, 7) is 3.29. The number of carbonyl (C=O) groups excluding carboxylic acids is 3. The van der Waals surface area contributed by atoms with Gasteiger partial charge in [-0.25, -0.2) is 0 Å². The van der Waals surface area contributed by atoms with Gasteiger partial charge in [-0.2, -0.15) is 0 Å². The number of nitro groups is 1. The van der Waals surface area contributed by atoms with Crippen LogP contribution in [0.2, 0.25) is 0 Å². The van der Waals surface area contributed by atoms with Crippen LogP contribution in [0.1, 0.15) is 52.5 Å². The summed E-state index contributed by atoms with van der Waals surface area (Å²) in [7, 11) is 0. The van der Waals surface area contributed by atoms with Crippen molar-refractivity contribution < 1.29 is 24.0 Å². The zero-order chi connectivity index (χ0) is 21.4. The van der Waals surface area contributed by atoms with Gasteiger partial charge < -0.3 is 10.1 Å². The summed E-state index contributed by atoms with van der Waals surface area (Å²) in [4.78, 5) is 46.0. The predicted molar refractivity (Wildman–Crippen MR) is 106 cm³/mol. The third-order valence-corrected chi connectivity index (χ3v) is 4.49. The van der Waals surface area contributed by atoms with Crippen LogP contribution in [0.3, 0.4) is 0 Å². The molecule has 1 N–H and O–H groups in total. The van der Waals surface area contributed by atoms with E-state index in [-0.39, 0.29) is 17.0 Å². The number of ether oxygens (including phenoxy) is 1. The van der Waals surface area contributed by atoms with Crippen LogP contribution in [0, 0.1) is 10.1 Å². The quantitative estimate of drug-likeness (QED) is 0.300. The summed E-state index contributed by atoms with van der Waals surface area (Å²) in [5.74, 6) is -1.39. The van der Waals surface area contributed by atoms with Crippen molar-refractivity contribution in [3.63, 3.8) is 0 Å². The predicted octanol–water partition coefficient (Wildman–Crippen LogP) is 3.26. The summed E-state index contributed by atoms with van der Waals surface area (Å²) in [5.41, 5.74) is 1.38. The van der Waals surface area contributed by atoms with E-state index in [4.69, 9.17) is 4.74 Å². The lowest BCUT2D eigenvalue weighted by Gasteiger charge is -2.10. The number of nitro benzene ring substituents is 1. The molecule has 0 bridgehead atoms. The largest absolute Gasteiger partial charge is 0.456 e. The Morgan fingerprint density at radius 3 is 2.41 bits per heavy atom. The molecular weight excluding hydrogens is 376 g/mol. The molecule has 152 valence electrons. The van der Waals surface area contributed by atoms with Crippen molar-refractivity contribution in [1.29, 1.82) is 0 Å². The van der Waals surface area contributed by atoms with Crippen molar-refractivity contribution in [1.82, 2.24) is 5.32 Å². The molecule has 2 aromatic carbocycles. The lowest BCUT2D eigenvalue weighted by atomic mass is 9.97. The minimum absolute atomic E-state index is 0.0458. The van der Waals surface area contributed by atoms with Crippen molar-refractivity contribution in [2.45, 2.75) is 26.2 Å². The standard InChI is InChI=1S/C21H22N2O6/c1-3-14(2)15-7-9-16(10-8-15)19(24)13-29-20(25)12-22-21(26)17-5-4-6-18(11-17)23(27)28/h4-11,14H,3,12-13H2,1-2H3,(H,22,26)/t14-/m0/s1. The van der Waals surface area contributed by atoms with Gasteiger partial charge in [-0.1, -0.05) is 44.2 Å². The monoisotopic (exact) mass is 398 g/mol. The molecule has 1 atom stereocenters. The van der Waals surface area contributed by atoms with Gasteiger partial charge in [0.1, 0.15) is 6.54 Å². The molecule has 0 saturated heterocycles. The molecule has 0 aliphatic heterocycles. The minimum Gasteiger partial charge on any atom is -0.456 e. The SMILES string of the molecule is CC[C@H](C)c1ccc(C(=O)COC(=O)CNC(=O)c2cccc([N+](=O)[O-])c2)cc1. The number of ketones is 1. The maximum absolute atomic E-state index is 12.1. The van der Waals surface area contributed by atoms with Crippen LogP contribution in [0.4, 0.5) is 5.69 Å². The van der Waals surface area contributed by atoms with Gasteiger partial charge in [0.25, 0.3) is 11.6 Å². The second kappa shape index (κ2) is 10.1. The van der Waals surface area contributed by atoms with Crippen LogP contribution in [0.25, 0.3) is 0 Å². The van der Waals surface area contributed by atoms with Crippen LogP contribution in [-0.4, -0.2) is 35.7 Å². The van der Waals surface area contributed by atoms with Crippen molar-refractivity contribution in [3.8, 4) is 0 Å². The fourth-order valence-electron chi connectivity index (χ4n) is 2.53. The fraction of sp³-hybridized carbons (Fsp3) is 0.286. The lowest BCUT2D eigenvalue weighted by molar-refractivity contribution is -0.384. The molecule has 8 heteroatoms. The van der Waals surface area contributed by atoms with Crippen molar-refractivity contribution in [3.05, 3.63) is 75.3 Å². The first-order chi connectivity index (χ1) is 13.8. The minimum atomic E-state index is -0.784. The summed E-state index contributed by atoms with van der Waals surface area (Å²) in [6, 6.07) is 12.3. The first-order valence-corrected chi connectivity index (χ1v) is 9.13. The molecule has 0 aromatic heterocycles. The third-order valence-electron chi connectivity index (χ3n) is 4.49. The smallest absolute Gasteiger partial charge is 0.325 e. The fourth-order valence-corrected chi connectivity index (χ4v) is 2.53. The van der Waals surface area contributed by atoms with Gasteiger partial charge in [0.05, 0.1) is 4.92 Å². The number of hydrogen-bond donors (Lipinski definition) is 1. The normalized spacial score (nSPS) is 11.4. The molecule has 8 nitrogen and oxygen atoms in total. The number of nitrogens with zero attached hydrogens (tertiary/aromatic N) is 1. The highest BCUT2D eigenvalue weighted by molar-refractivity contribution is 5.99. The Kier molecular flexibility index (Phi) is 7.59. The van der Waals surface area contributed by atoms with Crippen LogP contribution in [-0.2, 0) is 9.53 Å². The molecule has 0 spiro atoms. The van der Waals surface area contributed by atoms with Gasteiger partial charge in [0, 0.05) is 23.3 Å². The van der Waals surface area contributed by atoms with Crippen LogP contribution in [0.15, 0.2) is 48.5 Å². The van der Waals surface area contributed by atoms with Gasteiger partial charge in [-0.15, -0.1) is 0 Å². The van der Waals surface area contributed by atoms with Gasteiger partial charge in [-0.3, -0.25) is 24.5 Å². The second-order valence-corrected chi connectivity index (χ2v) is 6.51. The molecule has 0 unspecified atom stereocenters. The van der Waals surface area contributed by atoms with Crippen molar-refractivity contribution in [2.24, 2.45) is 0 Å². The first kappa shape index (κ1) is 21.7. The first-order valence-electron chi connectivity index (χ1n) is 9.13. The summed E-state index contributed by atoms with van der Waals surface area (Å²) in [5, 5.41) is 13.1. The number of Topliss-reactive ketones (excluding diaryl/α,β-unsaturated/α-hetero) is 1. The molecule has 0 aliphatic carbocycles. The number of hydrogen-bond acceptors (Lipinski definition) is 6. The molecule has 0 aliphatic rings. The van der Waals surface area contributed by atoms with Gasteiger partial charge in [0.2, 0.25) is 0 Å². The molecular formula is C21H22N2O6. The summed E-state index contributed by atoms with van der Waals surface area (Å²) >= 11 is 0. The number of esters is 1. The van der Waals surface area contributed by atoms with Crippen LogP contribution in [0.5, 0.6) is 0 Å². The molecule has 2 rings (SSSR count). The number of carbonyl (C=O) groups is 3. The average Bonchev–Trinajstić information content (AvgIpc) is 2.75. The number of amides is 1. The highest BCUT2D eigenvalue weighted by Gasteiger charge is 2.14. The lowest BCUT2D eigenvalue weighted by Crippen LogP contribution is -2.31. The van der Waals surface area contributed by atoms with Gasteiger partial charge >= 0.3 is 5.97 Å². The summed E-state index contributed by atoms with van der Waals surface area (Å²) in [6.07, 6.45) is 0.993. The van der Waals surface area contributed by atoms with E-state index in [1.807, 2.05) is 12.1 Å². The van der Waals surface area contributed by atoms with Gasteiger partial charge in [-0.05, 0) is 24.0 Å². The zero-order valence-corrected chi connectivity index (χ0v) is 16.2. The number of benzene rings is 2. The van der Waals surface area contributed by atoms with Crippen molar-refractivity contribution in [2.75, 3.05) is 13.2 Å². The molecule has 0 heterocycles. The number of non-ortho nitro benzene ring substituents is 1. The second-order valence-electron chi connectivity index (χ2n) is 6.51. The van der Waals surface area contributed by atoms with E-state index in [0.717, 1.165) is 18.1 Å². The van der Waals surface area contributed by atoms with E-state index in [1.54, 1.807) is 12.1 Å². The Morgan fingerprint density at radius 2 is 1.79 bits per heavy atom. The maximum atomic E-state index is 12.1. The number of nitrogens with one attached hydrogen (secondary N) is 1. The third kappa shape index (κ3) is 6.24. The molecule has 0 radical (unpaired) electrons. The summed E-state index contributed by atoms with van der Waals surface area (Å²) < 4.78 is 4.89. The average molecular weight is 398 g/mol. The Labute approximate surface area is 168 Å². The molecule has 0 saturated carbocycles. The highest BCUT2D eigenvalue weighted by atomic mass is 16.6. The Balaban J connectivity index is 1.82. The van der Waals surface area contributed by atoms with Gasteiger partial charge in [0.15, 0.2) is 12.4 Å². The Bertz CT molecular complexity index is 908. The van der Waals surface area contributed by atoms with E-state index in [0.29, 0.717) is 11.5 Å². The number of rotatable bonds is 9. The van der Waals surface area contributed by atoms with Crippen molar-refractivity contribution >= 4 is 23.3 Å². The molecule has 1 amide bonds.